The predicted octanol–water partition coefficient (Wildman–Crippen LogP) is 5.81. The van der Waals surface area contributed by atoms with Gasteiger partial charge in [-0.15, -0.1) is 13.2 Å². The van der Waals surface area contributed by atoms with Crippen LogP contribution in [0.25, 0.3) is 0 Å². The fourth-order valence-electron chi connectivity index (χ4n) is 2.97. The SMILES string of the molecule is C=CCCC(C)Nc1nc(NC(C)CCC=C)nc(N(CCCC)CCCC)n1. The zero-order valence-corrected chi connectivity index (χ0v) is 19.1. The number of hydrogen-bond donors (Lipinski definition) is 2. The number of anilines is 3. The molecule has 2 atom stereocenters. The van der Waals surface area contributed by atoms with Crippen LogP contribution < -0.4 is 15.5 Å². The fraction of sp³-hybridized carbons (Fsp3) is 0.696. The molecule has 0 aliphatic heterocycles. The maximum absolute atomic E-state index is 4.77. The lowest BCUT2D eigenvalue weighted by molar-refractivity contribution is 0.656. The van der Waals surface area contributed by atoms with Gasteiger partial charge in [0.05, 0.1) is 0 Å². The van der Waals surface area contributed by atoms with E-state index in [2.05, 4.69) is 61.4 Å². The van der Waals surface area contributed by atoms with Gasteiger partial charge in [-0.05, 0) is 52.4 Å². The molecule has 0 radical (unpaired) electrons. The molecule has 2 N–H and O–H groups in total. The van der Waals surface area contributed by atoms with Crippen molar-refractivity contribution in [2.24, 2.45) is 0 Å². The normalized spacial score (nSPS) is 12.8. The summed E-state index contributed by atoms with van der Waals surface area (Å²) in [5.41, 5.74) is 0. The van der Waals surface area contributed by atoms with Crippen molar-refractivity contribution < 1.29 is 0 Å². The van der Waals surface area contributed by atoms with Crippen molar-refractivity contribution in [2.45, 2.75) is 91.1 Å². The first-order valence-electron chi connectivity index (χ1n) is 11.3. The summed E-state index contributed by atoms with van der Waals surface area (Å²) < 4.78 is 0. The lowest BCUT2D eigenvalue weighted by atomic mass is 10.2. The summed E-state index contributed by atoms with van der Waals surface area (Å²) in [6, 6.07) is 0.544. The van der Waals surface area contributed by atoms with Gasteiger partial charge < -0.3 is 15.5 Å². The highest BCUT2D eigenvalue weighted by molar-refractivity contribution is 5.44. The minimum atomic E-state index is 0.272. The summed E-state index contributed by atoms with van der Waals surface area (Å²) in [7, 11) is 0. The van der Waals surface area contributed by atoms with Crippen molar-refractivity contribution in [3.63, 3.8) is 0 Å². The van der Waals surface area contributed by atoms with E-state index < -0.39 is 0 Å². The maximum Gasteiger partial charge on any atom is 0.231 e. The maximum atomic E-state index is 4.77. The summed E-state index contributed by atoms with van der Waals surface area (Å²) >= 11 is 0. The van der Waals surface area contributed by atoms with Gasteiger partial charge in [-0.2, -0.15) is 15.0 Å². The summed E-state index contributed by atoms with van der Waals surface area (Å²) in [4.78, 5) is 16.5. The van der Waals surface area contributed by atoms with E-state index in [4.69, 9.17) is 9.97 Å². The molecule has 0 spiro atoms. The van der Waals surface area contributed by atoms with E-state index >= 15 is 0 Å². The zero-order valence-electron chi connectivity index (χ0n) is 19.1. The summed E-state index contributed by atoms with van der Waals surface area (Å²) in [5.74, 6) is 2.05. The minimum Gasteiger partial charge on any atom is -0.352 e. The Balaban J connectivity index is 3.08. The van der Waals surface area contributed by atoms with E-state index in [-0.39, 0.29) is 12.1 Å². The highest BCUT2D eigenvalue weighted by Gasteiger charge is 2.15. The Hall–Kier alpha value is -2.11. The fourth-order valence-corrected chi connectivity index (χ4v) is 2.97. The number of nitrogens with one attached hydrogen (secondary N) is 2. The van der Waals surface area contributed by atoms with Crippen LogP contribution in [0.15, 0.2) is 25.3 Å². The van der Waals surface area contributed by atoms with Gasteiger partial charge in [0.15, 0.2) is 0 Å². The second kappa shape index (κ2) is 14.8. The van der Waals surface area contributed by atoms with Crippen molar-refractivity contribution in [1.82, 2.24) is 15.0 Å². The van der Waals surface area contributed by atoms with E-state index in [1.165, 1.54) is 0 Å². The van der Waals surface area contributed by atoms with Crippen LogP contribution in [0, 0.1) is 0 Å². The van der Waals surface area contributed by atoms with Crippen LogP contribution in [0.5, 0.6) is 0 Å². The quantitative estimate of drug-likeness (QED) is 0.320. The third-order valence-corrected chi connectivity index (χ3v) is 4.83. The minimum absolute atomic E-state index is 0.272. The third kappa shape index (κ3) is 10.3. The first-order chi connectivity index (χ1) is 14.0. The van der Waals surface area contributed by atoms with E-state index in [1.807, 2.05) is 12.2 Å². The number of hydrogen-bond acceptors (Lipinski definition) is 6. The highest BCUT2D eigenvalue weighted by atomic mass is 15.3. The largest absolute Gasteiger partial charge is 0.352 e. The predicted molar refractivity (Wildman–Crippen MR) is 127 cm³/mol. The van der Waals surface area contributed by atoms with Crippen LogP contribution in [-0.2, 0) is 0 Å². The molecule has 0 amide bonds. The second-order valence-electron chi connectivity index (χ2n) is 7.80. The standard InChI is InChI=1S/C23H42N6/c1-7-11-15-19(5)24-21-26-22(25-20(6)16-12-8-2)28-23(27-21)29(17-13-9-3)18-14-10-4/h7-8,19-20H,1-2,9-18H2,3-6H3,(H2,24,25,26,27,28). The average molecular weight is 403 g/mol. The van der Waals surface area contributed by atoms with Crippen molar-refractivity contribution in [3.05, 3.63) is 25.3 Å². The van der Waals surface area contributed by atoms with Crippen LogP contribution in [0.2, 0.25) is 0 Å². The number of unbranched alkanes of at least 4 members (excludes halogenated alkanes) is 2. The van der Waals surface area contributed by atoms with Gasteiger partial charge in [-0.25, -0.2) is 0 Å². The van der Waals surface area contributed by atoms with Gasteiger partial charge in [0.2, 0.25) is 17.8 Å². The van der Waals surface area contributed by atoms with E-state index in [0.29, 0.717) is 11.9 Å². The average Bonchev–Trinajstić information content (AvgIpc) is 2.70. The van der Waals surface area contributed by atoms with Gasteiger partial charge in [-0.1, -0.05) is 38.8 Å². The molecule has 29 heavy (non-hydrogen) atoms. The van der Waals surface area contributed by atoms with Crippen LogP contribution >= 0.6 is 0 Å². The van der Waals surface area contributed by atoms with Gasteiger partial charge in [0, 0.05) is 25.2 Å². The van der Waals surface area contributed by atoms with Gasteiger partial charge >= 0.3 is 0 Å². The molecule has 1 rings (SSSR count). The lowest BCUT2D eigenvalue weighted by Gasteiger charge is -2.24. The van der Waals surface area contributed by atoms with Gasteiger partial charge in [-0.3, -0.25) is 0 Å². The molecular weight excluding hydrogens is 360 g/mol. The first-order valence-corrected chi connectivity index (χ1v) is 11.3. The molecular formula is C23H42N6. The Morgan fingerprint density at radius 3 is 1.66 bits per heavy atom. The summed E-state index contributed by atoms with van der Waals surface area (Å²) in [6.45, 7) is 18.3. The molecule has 0 aliphatic carbocycles. The molecule has 0 fully saturated rings. The zero-order chi connectivity index (χ0) is 21.5. The molecule has 0 aromatic carbocycles. The number of aromatic nitrogens is 3. The number of rotatable bonds is 17. The lowest BCUT2D eigenvalue weighted by Crippen LogP contribution is -2.29. The Morgan fingerprint density at radius 1 is 0.828 bits per heavy atom. The highest BCUT2D eigenvalue weighted by Crippen LogP contribution is 2.18. The first kappa shape index (κ1) is 24.9. The van der Waals surface area contributed by atoms with Crippen molar-refractivity contribution in [2.75, 3.05) is 28.6 Å². The molecule has 0 saturated heterocycles. The molecule has 6 heteroatoms. The summed E-state index contributed by atoms with van der Waals surface area (Å²) in [6.07, 6.45) is 12.4. The van der Waals surface area contributed by atoms with Crippen LogP contribution in [0.1, 0.15) is 79.1 Å². The van der Waals surface area contributed by atoms with Crippen molar-refractivity contribution in [3.8, 4) is 0 Å². The molecule has 0 aliphatic rings. The smallest absolute Gasteiger partial charge is 0.231 e. The summed E-state index contributed by atoms with van der Waals surface area (Å²) in [5, 5.41) is 6.90. The second-order valence-corrected chi connectivity index (χ2v) is 7.80. The van der Waals surface area contributed by atoms with Crippen LogP contribution in [0.4, 0.5) is 17.8 Å². The molecule has 1 heterocycles. The number of nitrogens with zero attached hydrogens (tertiary/aromatic N) is 4. The topological polar surface area (TPSA) is 66.0 Å². The monoisotopic (exact) mass is 402 g/mol. The Kier molecular flexibility index (Phi) is 12.7. The molecule has 0 saturated carbocycles. The molecule has 6 nitrogen and oxygen atoms in total. The molecule has 164 valence electrons. The van der Waals surface area contributed by atoms with Crippen molar-refractivity contribution in [1.29, 1.82) is 0 Å². The van der Waals surface area contributed by atoms with Crippen LogP contribution in [-0.4, -0.2) is 40.1 Å². The van der Waals surface area contributed by atoms with E-state index in [0.717, 1.165) is 70.4 Å². The van der Waals surface area contributed by atoms with Gasteiger partial charge in [0.1, 0.15) is 0 Å². The Morgan fingerprint density at radius 2 is 1.28 bits per heavy atom. The van der Waals surface area contributed by atoms with E-state index in [9.17, 15) is 0 Å². The van der Waals surface area contributed by atoms with Crippen LogP contribution in [0.3, 0.4) is 0 Å². The van der Waals surface area contributed by atoms with Gasteiger partial charge in [0.25, 0.3) is 0 Å². The molecule has 1 aromatic rings. The third-order valence-electron chi connectivity index (χ3n) is 4.83. The van der Waals surface area contributed by atoms with E-state index in [1.54, 1.807) is 0 Å². The number of allylic oxidation sites excluding steroid dienone is 2. The molecule has 2 unspecified atom stereocenters. The van der Waals surface area contributed by atoms with Crippen molar-refractivity contribution >= 4 is 17.8 Å². The molecule has 1 aromatic heterocycles. The molecule has 0 bridgehead atoms. The Bertz CT molecular complexity index is 542. The Labute approximate surface area is 178 Å².